The highest BCUT2D eigenvalue weighted by molar-refractivity contribution is 7.98. The van der Waals surface area contributed by atoms with Gasteiger partial charge in [0.05, 0.1) is 11.0 Å². The van der Waals surface area contributed by atoms with Crippen LogP contribution >= 0.6 is 11.8 Å². The maximum absolute atomic E-state index is 14.1. The van der Waals surface area contributed by atoms with E-state index in [1.165, 1.54) is 18.2 Å². The molecule has 1 aliphatic heterocycles. The average Bonchev–Trinajstić information content (AvgIpc) is 2.80. The van der Waals surface area contributed by atoms with Gasteiger partial charge in [-0.3, -0.25) is 4.79 Å². The molecule has 0 spiro atoms. The average molecular weight is 394 g/mol. The number of halogens is 1. The van der Waals surface area contributed by atoms with Crippen LogP contribution in [0, 0.1) is 5.82 Å². The predicted molar refractivity (Wildman–Crippen MR) is 102 cm³/mol. The predicted octanol–water partition coefficient (Wildman–Crippen LogP) is 3.55. The van der Waals surface area contributed by atoms with Gasteiger partial charge in [0.1, 0.15) is 5.82 Å². The van der Waals surface area contributed by atoms with Crippen molar-refractivity contribution in [2.24, 2.45) is 0 Å². The van der Waals surface area contributed by atoms with Gasteiger partial charge in [0, 0.05) is 29.1 Å². The first-order valence-electron chi connectivity index (χ1n) is 8.31. The van der Waals surface area contributed by atoms with E-state index in [0.717, 1.165) is 4.90 Å². The lowest BCUT2D eigenvalue weighted by Crippen LogP contribution is -2.33. The van der Waals surface area contributed by atoms with Crippen LogP contribution in [-0.2, 0) is 9.84 Å². The van der Waals surface area contributed by atoms with Gasteiger partial charge in [0.25, 0.3) is 5.91 Å². The van der Waals surface area contributed by atoms with Crippen molar-refractivity contribution in [3.63, 3.8) is 0 Å². The lowest BCUT2D eigenvalue weighted by molar-refractivity contribution is 0.0766. The van der Waals surface area contributed by atoms with Crippen LogP contribution in [0.15, 0.2) is 53.4 Å². The zero-order valence-electron chi connectivity index (χ0n) is 14.4. The van der Waals surface area contributed by atoms with Gasteiger partial charge in [-0.1, -0.05) is 24.3 Å². The van der Waals surface area contributed by atoms with Gasteiger partial charge in [-0.15, -0.1) is 11.8 Å². The standard InChI is InChI=1S/C19H20FNO3S2/c1-25-15-6-4-5-14(13-15)19(22)21-10-9-18(26(23,24)12-11-21)16-7-2-3-8-17(16)20/h2-8,13,18H,9-12H2,1H3/t18-/m1/s1. The van der Waals surface area contributed by atoms with Crippen LogP contribution in [0.25, 0.3) is 0 Å². The summed E-state index contributed by atoms with van der Waals surface area (Å²) in [5.74, 6) is -0.876. The Morgan fingerprint density at radius 3 is 2.65 bits per heavy atom. The second kappa shape index (κ2) is 7.80. The molecule has 4 nitrogen and oxygen atoms in total. The van der Waals surface area contributed by atoms with Crippen molar-refractivity contribution in [2.75, 3.05) is 25.1 Å². The molecule has 0 bridgehead atoms. The van der Waals surface area contributed by atoms with Crippen molar-refractivity contribution < 1.29 is 17.6 Å². The minimum atomic E-state index is -3.54. The lowest BCUT2D eigenvalue weighted by Gasteiger charge is -2.20. The molecule has 3 rings (SSSR count). The van der Waals surface area contributed by atoms with E-state index >= 15 is 0 Å². The number of sulfone groups is 1. The molecule has 0 N–H and O–H groups in total. The van der Waals surface area contributed by atoms with Crippen molar-refractivity contribution in [1.29, 1.82) is 0 Å². The van der Waals surface area contributed by atoms with Gasteiger partial charge in [0.15, 0.2) is 9.84 Å². The number of hydrogen-bond donors (Lipinski definition) is 0. The van der Waals surface area contributed by atoms with Crippen LogP contribution in [0.3, 0.4) is 0 Å². The van der Waals surface area contributed by atoms with Crippen LogP contribution in [0.1, 0.15) is 27.6 Å². The van der Waals surface area contributed by atoms with Gasteiger partial charge in [-0.25, -0.2) is 12.8 Å². The molecule has 0 aliphatic carbocycles. The molecular formula is C19H20FNO3S2. The summed E-state index contributed by atoms with van der Waals surface area (Å²) in [5, 5.41) is -0.918. The van der Waals surface area contributed by atoms with Gasteiger partial charge < -0.3 is 4.90 Å². The first-order chi connectivity index (χ1) is 12.4. The summed E-state index contributed by atoms with van der Waals surface area (Å²) in [6.07, 6.45) is 2.12. The normalized spacial score (nSPS) is 19.8. The number of carbonyl (C=O) groups excluding carboxylic acids is 1. The zero-order chi connectivity index (χ0) is 18.7. The first-order valence-corrected chi connectivity index (χ1v) is 11.3. The summed E-state index contributed by atoms with van der Waals surface area (Å²) in [6, 6.07) is 13.2. The second-order valence-corrected chi connectivity index (χ2v) is 9.37. The monoisotopic (exact) mass is 393 g/mol. The molecule has 2 aromatic carbocycles. The van der Waals surface area contributed by atoms with Crippen LogP contribution in [-0.4, -0.2) is 44.3 Å². The highest BCUT2D eigenvalue weighted by Crippen LogP contribution is 2.31. The van der Waals surface area contributed by atoms with E-state index in [1.54, 1.807) is 34.9 Å². The van der Waals surface area contributed by atoms with Crippen molar-refractivity contribution in [1.82, 2.24) is 4.90 Å². The Kier molecular flexibility index (Phi) is 5.67. The van der Waals surface area contributed by atoms with E-state index < -0.39 is 20.9 Å². The number of benzene rings is 2. The molecule has 1 atom stereocenters. The summed E-state index contributed by atoms with van der Waals surface area (Å²) in [4.78, 5) is 15.3. The molecule has 7 heteroatoms. The van der Waals surface area contributed by atoms with E-state index in [9.17, 15) is 17.6 Å². The number of nitrogens with zero attached hydrogens (tertiary/aromatic N) is 1. The maximum atomic E-state index is 14.1. The van der Waals surface area contributed by atoms with E-state index in [0.29, 0.717) is 5.56 Å². The van der Waals surface area contributed by atoms with Gasteiger partial charge >= 0.3 is 0 Å². The Morgan fingerprint density at radius 2 is 1.92 bits per heavy atom. The van der Waals surface area contributed by atoms with E-state index in [2.05, 4.69) is 0 Å². The van der Waals surface area contributed by atoms with E-state index in [1.807, 2.05) is 18.4 Å². The molecule has 1 saturated heterocycles. The highest BCUT2D eigenvalue weighted by Gasteiger charge is 2.34. The Bertz CT molecular complexity index is 915. The smallest absolute Gasteiger partial charge is 0.253 e. The molecule has 1 heterocycles. The molecule has 138 valence electrons. The van der Waals surface area contributed by atoms with Gasteiger partial charge in [-0.05, 0) is 36.9 Å². The van der Waals surface area contributed by atoms with Crippen molar-refractivity contribution >= 4 is 27.5 Å². The fourth-order valence-corrected chi connectivity index (χ4v) is 5.43. The molecule has 0 unspecified atom stereocenters. The summed E-state index contributed by atoms with van der Waals surface area (Å²) < 4.78 is 39.4. The third kappa shape index (κ3) is 3.94. The van der Waals surface area contributed by atoms with E-state index in [4.69, 9.17) is 0 Å². The quantitative estimate of drug-likeness (QED) is 0.749. The fourth-order valence-electron chi connectivity index (χ4n) is 3.17. The molecular weight excluding hydrogens is 373 g/mol. The number of carbonyl (C=O) groups is 1. The molecule has 1 aliphatic rings. The number of amides is 1. The number of hydrogen-bond acceptors (Lipinski definition) is 4. The molecule has 0 radical (unpaired) electrons. The third-order valence-electron chi connectivity index (χ3n) is 4.60. The fraction of sp³-hybridized carbons (Fsp3) is 0.316. The van der Waals surface area contributed by atoms with E-state index in [-0.39, 0.29) is 36.7 Å². The van der Waals surface area contributed by atoms with Crippen LogP contribution in [0.5, 0.6) is 0 Å². The summed E-state index contributed by atoms with van der Waals surface area (Å²) in [5.41, 5.74) is 0.727. The third-order valence-corrected chi connectivity index (χ3v) is 7.43. The molecule has 1 fully saturated rings. The van der Waals surface area contributed by atoms with Gasteiger partial charge in [0.2, 0.25) is 0 Å². The lowest BCUT2D eigenvalue weighted by atomic mass is 10.1. The van der Waals surface area contributed by atoms with Crippen LogP contribution in [0.2, 0.25) is 0 Å². The maximum Gasteiger partial charge on any atom is 0.253 e. The highest BCUT2D eigenvalue weighted by atomic mass is 32.2. The molecule has 2 aromatic rings. The van der Waals surface area contributed by atoms with Crippen molar-refractivity contribution in [3.8, 4) is 0 Å². The SMILES string of the molecule is CSc1cccc(C(=O)N2CC[C@H](c3ccccc3F)S(=O)(=O)CC2)c1. The first kappa shape index (κ1) is 18.9. The molecule has 0 saturated carbocycles. The minimum Gasteiger partial charge on any atom is -0.338 e. The molecule has 26 heavy (non-hydrogen) atoms. The summed E-state index contributed by atoms with van der Waals surface area (Å²) in [7, 11) is -3.54. The van der Waals surface area contributed by atoms with Crippen LogP contribution < -0.4 is 0 Å². The van der Waals surface area contributed by atoms with Crippen molar-refractivity contribution in [2.45, 2.75) is 16.6 Å². The Hall–Kier alpha value is -1.86. The number of rotatable bonds is 3. The number of thioether (sulfide) groups is 1. The zero-order valence-corrected chi connectivity index (χ0v) is 16.0. The Labute approximate surface area is 157 Å². The topological polar surface area (TPSA) is 54.5 Å². The summed E-state index contributed by atoms with van der Waals surface area (Å²) >= 11 is 1.54. The largest absolute Gasteiger partial charge is 0.338 e. The molecule has 1 amide bonds. The molecule has 0 aromatic heterocycles. The van der Waals surface area contributed by atoms with Crippen molar-refractivity contribution in [3.05, 3.63) is 65.5 Å². The van der Waals surface area contributed by atoms with Crippen LogP contribution in [0.4, 0.5) is 4.39 Å². The second-order valence-electron chi connectivity index (χ2n) is 6.19. The van der Waals surface area contributed by atoms with Gasteiger partial charge in [-0.2, -0.15) is 0 Å². The Balaban J connectivity index is 1.84. The summed E-state index contributed by atoms with van der Waals surface area (Å²) in [6.45, 7) is 0.399. The minimum absolute atomic E-state index is 0.121. The Morgan fingerprint density at radius 1 is 1.15 bits per heavy atom.